The van der Waals surface area contributed by atoms with Gasteiger partial charge >= 0.3 is 0 Å². The molecule has 3 rings (SSSR count). The van der Waals surface area contributed by atoms with E-state index < -0.39 is 0 Å². The first-order chi connectivity index (χ1) is 8.78. The van der Waals surface area contributed by atoms with E-state index >= 15 is 0 Å². The summed E-state index contributed by atoms with van der Waals surface area (Å²) in [6.45, 7) is 6.23. The number of aromatic nitrogens is 1. The van der Waals surface area contributed by atoms with Crippen LogP contribution in [0.3, 0.4) is 0 Å². The zero-order chi connectivity index (χ0) is 12.5. The number of fused-ring (bicyclic) bond motifs is 1. The van der Waals surface area contributed by atoms with Crippen LogP contribution in [0.15, 0.2) is 36.4 Å². The van der Waals surface area contributed by atoms with Crippen LogP contribution in [0.25, 0.3) is 20.7 Å². The maximum absolute atomic E-state index is 5.74. The molecule has 0 aliphatic rings. The molecule has 4 heteroatoms. The van der Waals surface area contributed by atoms with Crippen molar-refractivity contribution in [2.24, 2.45) is 5.73 Å². The minimum atomic E-state index is 0. The van der Waals surface area contributed by atoms with Crippen LogP contribution in [0, 0.1) is 13.0 Å². The molecular formula is C15H11IrN2S-. The number of pyridine rings is 1. The zero-order valence-electron chi connectivity index (χ0n) is 10.0. The molecule has 19 heavy (non-hydrogen) atoms. The summed E-state index contributed by atoms with van der Waals surface area (Å²) < 4.78 is 1.18. The van der Waals surface area contributed by atoms with Crippen molar-refractivity contribution in [3.05, 3.63) is 60.6 Å². The van der Waals surface area contributed by atoms with Gasteiger partial charge in [-0.3, -0.25) is 4.98 Å². The third-order valence-electron chi connectivity index (χ3n) is 2.79. The fourth-order valence-electron chi connectivity index (χ4n) is 1.92. The number of hydrogen-bond acceptors (Lipinski definition) is 3. The smallest absolute Gasteiger partial charge is 0.0342 e. The summed E-state index contributed by atoms with van der Waals surface area (Å²) in [6.07, 6.45) is 0. The molecule has 0 aliphatic heterocycles. The van der Waals surface area contributed by atoms with Crippen molar-refractivity contribution in [3.8, 4) is 10.6 Å². The molecule has 2 N–H and O–H groups in total. The number of thiophene rings is 1. The van der Waals surface area contributed by atoms with Gasteiger partial charge in [-0.15, -0.1) is 17.0 Å². The normalized spacial score (nSPS) is 10.4. The first-order valence-corrected chi connectivity index (χ1v) is 6.46. The maximum Gasteiger partial charge on any atom is 0.0342 e. The molecule has 2 aromatic heterocycles. The van der Waals surface area contributed by atoms with Crippen molar-refractivity contribution in [2.45, 2.75) is 6.54 Å². The van der Waals surface area contributed by atoms with Crippen LogP contribution < -0.4 is 5.73 Å². The molecule has 1 aromatic carbocycles. The van der Waals surface area contributed by atoms with Crippen LogP contribution in [-0.4, -0.2) is 4.98 Å². The second kappa shape index (κ2) is 5.93. The summed E-state index contributed by atoms with van der Waals surface area (Å²) >= 11 is 1.66. The maximum atomic E-state index is 5.74. The molecule has 0 aliphatic carbocycles. The van der Waals surface area contributed by atoms with Gasteiger partial charge in [0.05, 0.1) is 0 Å². The Kier molecular flexibility index (Phi) is 4.48. The molecule has 0 bridgehead atoms. The van der Waals surface area contributed by atoms with Gasteiger partial charge in [0.25, 0.3) is 0 Å². The van der Waals surface area contributed by atoms with E-state index in [0.29, 0.717) is 12.2 Å². The largest absolute Gasteiger partial charge is 0.335 e. The quantitative estimate of drug-likeness (QED) is 0.618. The number of rotatable bonds is 2. The average molecular weight is 444 g/mol. The molecule has 3 radical (unpaired) electrons. The first-order valence-electron chi connectivity index (χ1n) is 5.64. The Bertz CT molecular complexity index is 706. The Hall–Kier alpha value is -1.06. The molecule has 2 nitrogen and oxygen atoms in total. The molecule has 2 heterocycles. The molecule has 0 fully saturated rings. The van der Waals surface area contributed by atoms with Crippen LogP contribution in [-0.2, 0) is 26.7 Å². The fraction of sp³-hybridized carbons (Fsp3) is 0.0667. The van der Waals surface area contributed by atoms with Gasteiger partial charge in [-0.1, -0.05) is 30.3 Å². The van der Waals surface area contributed by atoms with Crippen LogP contribution in [0.2, 0.25) is 0 Å². The molecular weight excluding hydrogens is 432 g/mol. The molecule has 0 spiro atoms. The van der Waals surface area contributed by atoms with Crippen molar-refractivity contribution in [2.75, 3.05) is 0 Å². The van der Waals surface area contributed by atoms with Gasteiger partial charge in [0.1, 0.15) is 0 Å². The van der Waals surface area contributed by atoms with Gasteiger partial charge in [-0.2, -0.15) is 0 Å². The van der Waals surface area contributed by atoms with Gasteiger partial charge < -0.3 is 5.73 Å². The van der Waals surface area contributed by atoms with Crippen molar-refractivity contribution in [1.29, 1.82) is 0 Å². The summed E-state index contributed by atoms with van der Waals surface area (Å²) in [5, 5.41) is 1.09. The second-order valence-electron chi connectivity index (χ2n) is 4.00. The van der Waals surface area contributed by atoms with Gasteiger partial charge in [-0.25, -0.2) is 11.3 Å². The van der Waals surface area contributed by atoms with Crippen molar-refractivity contribution < 1.29 is 20.1 Å². The van der Waals surface area contributed by atoms with Crippen molar-refractivity contribution in [1.82, 2.24) is 4.98 Å². The SMILES string of the molecule is [CH]c1cccc(-c2[c-]c3c(CN)cccc3s2)n1.[Ir]. The van der Waals surface area contributed by atoms with Crippen LogP contribution in [0.1, 0.15) is 11.3 Å². The molecule has 0 saturated carbocycles. The summed E-state index contributed by atoms with van der Waals surface area (Å²) in [5.74, 6) is 0. The van der Waals surface area contributed by atoms with E-state index in [1.165, 1.54) is 4.70 Å². The Morgan fingerprint density at radius 2 is 2.00 bits per heavy atom. The zero-order valence-corrected chi connectivity index (χ0v) is 13.2. The van der Waals surface area contributed by atoms with E-state index in [0.717, 1.165) is 21.5 Å². The van der Waals surface area contributed by atoms with E-state index in [9.17, 15) is 0 Å². The van der Waals surface area contributed by atoms with Crippen LogP contribution in [0.4, 0.5) is 0 Å². The minimum Gasteiger partial charge on any atom is -0.335 e. The predicted molar refractivity (Wildman–Crippen MR) is 75.2 cm³/mol. The Morgan fingerprint density at radius 1 is 1.21 bits per heavy atom. The van der Waals surface area contributed by atoms with E-state index in [1.807, 2.05) is 24.3 Å². The summed E-state index contributed by atoms with van der Waals surface area (Å²) in [4.78, 5) is 5.32. The topological polar surface area (TPSA) is 38.9 Å². The van der Waals surface area contributed by atoms with E-state index in [2.05, 4.69) is 17.1 Å². The van der Waals surface area contributed by atoms with E-state index in [-0.39, 0.29) is 20.1 Å². The van der Waals surface area contributed by atoms with E-state index in [1.54, 1.807) is 17.4 Å². The van der Waals surface area contributed by atoms with Gasteiger partial charge in [0, 0.05) is 38.4 Å². The Balaban J connectivity index is 0.00000133. The van der Waals surface area contributed by atoms with Gasteiger partial charge in [0.15, 0.2) is 0 Å². The Labute approximate surface area is 130 Å². The average Bonchev–Trinajstić information content (AvgIpc) is 2.82. The number of hydrogen-bond donors (Lipinski definition) is 1. The minimum absolute atomic E-state index is 0. The fourth-order valence-corrected chi connectivity index (χ4v) is 2.94. The summed E-state index contributed by atoms with van der Waals surface area (Å²) in [5.41, 5.74) is 8.23. The van der Waals surface area contributed by atoms with Crippen LogP contribution >= 0.6 is 11.3 Å². The van der Waals surface area contributed by atoms with Crippen LogP contribution in [0.5, 0.6) is 0 Å². The Morgan fingerprint density at radius 3 is 2.74 bits per heavy atom. The number of nitrogens with zero attached hydrogens (tertiary/aromatic N) is 1. The van der Waals surface area contributed by atoms with Gasteiger partial charge in [0.2, 0.25) is 0 Å². The predicted octanol–water partition coefficient (Wildman–Crippen LogP) is 3.28. The molecule has 0 atom stereocenters. The number of nitrogens with two attached hydrogens (primary N) is 1. The number of benzene rings is 1. The monoisotopic (exact) mass is 444 g/mol. The third-order valence-corrected chi connectivity index (χ3v) is 3.86. The summed E-state index contributed by atoms with van der Waals surface area (Å²) in [6, 6.07) is 15.1. The molecule has 0 saturated heterocycles. The molecule has 3 aromatic rings. The summed E-state index contributed by atoms with van der Waals surface area (Å²) in [7, 11) is 0. The third kappa shape index (κ3) is 2.77. The van der Waals surface area contributed by atoms with Crippen molar-refractivity contribution in [3.63, 3.8) is 0 Å². The molecule has 0 unspecified atom stereocenters. The molecule has 97 valence electrons. The molecule has 0 amide bonds. The second-order valence-corrected chi connectivity index (χ2v) is 5.05. The van der Waals surface area contributed by atoms with E-state index in [4.69, 9.17) is 12.7 Å². The first kappa shape index (κ1) is 14.4. The van der Waals surface area contributed by atoms with Gasteiger partial charge in [-0.05, 0) is 22.2 Å². The van der Waals surface area contributed by atoms with Crippen molar-refractivity contribution >= 4 is 21.4 Å². The standard InChI is InChI=1S/C15H11N2S.Ir/c1-10-4-2-6-13(17-10)15-8-12-11(9-16)5-3-7-14(12)18-15;/h1-7H,9,16H2;/q-1;.